The molecular weight excluding hydrogens is 298 g/mol. The van der Waals surface area contributed by atoms with Crippen molar-refractivity contribution in [3.63, 3.8) is 0 Å². The molecule has 0 aliphatic carbocycles. The van der Waals surface area contributed by atoms with Gasteiger partial charge in [-0.3, -0.25) is 9.78 Å². The number of rotatable bonds is 6. The lowest BCUT2D eigenvalue weighted by atomic mass is 10.2. The summed E-state index contributed by atoms with van der Waals surface area (Å²) in [5.74, 6) is -0.256. The van der Waals surface area contributed by atoms with Crippen molar-refractivity contribution >= 4 is 18.1 Å². The monoisotopic (exact) mass is 313 g/mol. The van der Waals surface area contributed by atoms with Crippen LogP contribution in [0.4, 0.5) is 0 Å². The van der Waals surface area contributed by atoms with E-state index in [0.29, 0.717) is 11.3 Å². The fraction of sp³-hybridized carbons (Fsp3) is 0.125. The minimum Gasteiger partial charge on any atom is -0.482 e. The van der Waals surface area contributed by atoms with Crippen LogP contribution in [0.3, 0.4) is 0 Å². The highest BCUT2D eigenvalue weighted by molar-refractivity contribution is 5.94. The predicted octanol–water partition coefficient (Wildman–Crippen LogP) is 1.40. The van der Waals surface area contributed by atoms with Gasteiger partial charge in [-0.25, -0.2) is 10.2 Å². The Labute approximate surface area is 132 Å². The highest BCUT2D eigenvalue weighted by Gasteiger charge is 2.03. The van der Waals surface area contributed by atoms with Crippen LogP contribution < -0.4 is 10.2 Å². The summed E-state index contributed by atoms with van der Waals surface area (Å²) in [6.45, 7) is -0.148. The first kappa shape index (κ1) is 16.2. The number of aromatic nitrogens is 1. The number of ether oxygens (including phenoxy) is 2. The van der Waals surface area contributed by atoms with Crippen LogP contribution in [0, 0.1) is 0 Å². The number of methoxy groups -OCH3 is 1. The molecule has 2 aromatic rings. The molecule has 118 valence electrons. The van der Waals surface area contributed by atoms with Crippen molar-refractivity contribution in [3.05, 3.63) is 59.9 Å². The van der Waals surface area contributed by atoms with Gasteiger partial charge < -0.3 is 9.47 Å². The second kappa shape index (κ2) is 8.28. The normalized spacial score (nSPS) is 10.3. The molecule has 0 unspecified atom stereocenters. The average molecular weight is 313 g/mol. The molecule has 1 amide bonds. The lowest BCUT2D eigenvalue weighted by Gasteiger charge is -2.04. The van der Waals surface area contributed by atoms with E-state index in [-0.39, 0.29) is 12.5 Å². The Morgan fingerprint density at radius 2 is 2.04 bits per heavy atom. The smallest absolute Gasteiger partial charge is 0.343 e. The van der Waals surface area contributed by atoms with Gasteiger partial charge in [-0.1, -0.05) is 0 Å². The maximum absolute atomic E-state index is 11.7. The molecule has 0 aliphatic rings. The predicted molar refractivity (Wildman–Crippen MR) is 83.3 cm³/mol. The zero-order chi connectivity index (χ0) is 16.5. The standard InChI is InChI=1S/C16H15N3O4/c1-22-15(20)11-23-14-6-4-12(5-7-14)9-18-19-16(21)13-3-2-8-17-10-13/h2-10H,11H2,1H3,(H,19,21)/b18-9-. The van der Waals surface area contributed by atoms with E-state index in [1.807, 2.05) is 0 Å². The first-order chi connectivity index (χ1) is 11.2. The summed E-state index contributed by atoms with van der Waals surface area (Å²) < 4.78 is 9.70. The number of carbonyl (C=O) groups is 2. The van der Waals surface area contributed by atoms with Crippen LogP contribution in [0.2, 0.25) is 0 Å². The number of hydrogen-bond donors (Lipinski definition) is 1. The second-order valence-electron chi connectivity index (χ2n) is 4.37. The summed E-state index contributed by atoms with van der Waals surface area (Å²) in [6.07, 6.45) is 4.54. The third kappa shape index (κ3) is 5.24. The zero-order valence-electron chi connectivity index (χ0n) is 12.4. The van der Waals surface area contributed by atoms with Crippen LogP contribution in [0.1, 0.15) is 15.9 Å². The van der Waals surface area contributed by atoms with Crippen LogP contribution in [-0.2, 0) is 9.53 Å². The average Bonchev–Trinajstić information content (AvgIpc) is 2.61. The van der Waals surface area contributed by atoms with E-state index in [1.165, 1.54) is 19.5 Å². The van der Waals surface area contributed by atoms with Gasteiger partial charge in [-0.05, 0) is 42.0 Å². The molecule has 7 heteroatoms. The van der Waals surface area contributed by atoms with E-state index in [1.54, 1.807) is 42.6 Å². The summed E-state index contributed by atoms with van der Waals surface area (Å²) in [5, 5.41) is 3.87. The van der Waals surface area contributed by atoms with Crippen LogP contribution in [-0.4, -0.2) is 36.8 Å². The number of esters is 1. The molecule has 0 radical (unpaired) electrons. The largest absolute Gasteiger partial charge is 0.482 e. The zero-order valence-corrected chi connectivity index (χ0v) is 12.4. The third-order valence-electron chi connectivity index (χ3n) is 2.77. The van der Waals surface area contributed by atoms with Crippen molar-refractivity contribution in [1.82, 2.24) is 10.4 Å². The lowest BCUT2D eigenvalue weighted by Crippen LogP contribution is -2.17. The van der Waals surface area contributed by atoms with Crippen LogP contribution in [0.5, 0.6) is 5.75 Å². The van der Waals surface area contributed by atoms with Crippen molar-refractivity contribution < 1.29 is 19.1 Å². The van der Waals surface area contributed by atoms with Gasteiger partial charge in [0, 0.05) is 12.4 Å². The molecule has 1 heterocycles. The highest BCUT2D eigenvalue weighted by Crippen LogP contribution is 2.11. The maximum Gasteiger partial charge on any atom is 0.343 e. The maximum atomic E-state index is 11.7. The Balaban J connectivity index is 1.85. The lowest BCUT2D eigenvalue weighted by molar-refractivity contribution is -0.142. The first-order valence-corrected chi connectivity index (χ1v) is 6.72. The molecule has 0 spiro atoms. The molecule has 1 aromatic carbocycles. The Bertz CT molecular complexity index is 684. The molecule has 0 saturated carbocycles. The SMILES string of the molecule is COC(=O)COc1ccc(/C=N\NC(=O)c2cccnc2)cc1. The minimum atomic E-state index is -0.450. The first-order valence-electron chi connectivity index (χ1n) is 6.72. The van der Waals surface area contributed by atoms with Crippen LogP contribution in [0.25, 0.3) is 0 Å². The number of carbonyl (C=O) groups excluding carboxylic acids is 2. The van der Waals surface area contributed by atoms with Crippen LogP contribution in [0.15, 0.2) is 53.9 Å². The molecule has 0 atom stereocenters. The Kier molecular flexibility index (Phi) is 5.81. The van der Waals surface area contributed by atoms with E-state index in [9.17, 15) is 9.59 Å². The number of amides is 1. The van der Waals surface area contributed by atoms with Gasteiger partial charge in [0.2, 0.25) is 0 Å². The molecule has 1 aromatic heterocycles. The number of benzene rings is 1. The number of nitrogens with zero attached hydrogens (tertiary/aromatic N) is 2. The van der Waals surface area contributed by atoms with Crippen molar-refractivity contribution in [1.29, 1.82) is 0 Å². The van der Waals surface area contributed by atoms with E-state index in [4.69, 9.17) is 4.74 Å². The molecule has 0 aliphatic heterocycles. The number of pyridine rings is 1. The van der Waals surface area contributed by atoms with Gasteiger partial charge in [-0.2, -0.15) is 5.10 Å². The van der Waals surface area contributed by atoms with Crippen molar-refractivity contribution in [3.8, 4) is 5.75 Å². The summed E-state index contributed by atoms with van der Waals surface area (Å²) >= 11 is 0. The number of nitrogens with one attached hydrogen (secondary N) is 1. The summed E-state index contributed by atoms with van der Waals surface area (Å²) in [7, 11) is 1.30. The van der Waals surface area contributed by atoms with E-state index >= 15 is 0 Å². The van der Waals surface area contributed by atoms with E-state index in [0.717, 1.165) is 5.56 Å². The molecular formula is C16H15N3O4. The summed E-state index contributed by atoms with van der Waals surface area (Å²) in [6, 6.07) is 10.2. The van der Waals surface area contributed by atoms with Gasteiger partial charge >= 0.3 is 5.97 Å². The molecule has 0 fully saturated rings. The van der Waals surface area contributed by atoms with Gasteiger partial charge in [0.05, 0.1) is 18.9 Å². The molecule has 0 bridgehead atoms. The molecule has 2 rings (SSSR count). The fourth-order valence-electron chi connectivity index (χ4n) is 1.58. The Morgan fingerprint density at radius 3 is 2.70 bits per heavy atom. The molecule has 1 N–H and O–H groups in total. The van der Waals surface area contributed by atoms with Gasteiger partial charge in [-0.15, -0.1) is 0 Å². The van der Waals surface area contributed by atoms with E-state index in [2.05, 4.69) is 20.2 Å². The van der Waals surface area contributed by atoms with Crippen LogP contribution >= 0.6 is 0 Å². The molecule has 0 saturated heterocycles. The van der Waals surface area contributed by atoms with Crippen molar-refractivity contribution in [2.24, 2.45) is 5.10 Å². The van der Waals surface area contributed by atoms with Gasteiger partial charge in [0.1, 0.15) is 5.75 Å². The van der Waals surface area contributed by atoms with Crippen molar-refractivity contribution in [2.75, 3.05) is 13.7 Å². The van der Waals surface area contributed by atoms with Crippen molar-refractivity contribution in [2.45, 2.75) is 0 Å². The topological polar surface area (TPSA) is 89.9 Å². The Morgan fingerprint density at radius 1 is 1.26 bits per heavy atom. The number of hydrazone groups is 1. The fourth-order valence-corrected chi connectivity index (χ4v) is 1.58. The van der Waals surface area contributed by atoms with Gasteiger partial charge in [0.25, 0.3) is 5.91 Å². The quantitative estimate of drug-likeness (QED) is 0.494. The Hall–Kier alpha value is -3.22. The summed E-state index contributed by atoms with van der Waals surface area (Å²) in [4.78, 5) is 26.6. The number of hydrogen-bond acceptors (Lipinski definition) is 6. The third-order valence-corrected chi connectivity index (χ3v) is 2.77. The molecule has 7 nitrogen and oxygen atoms in total. The molecule has 23 heavy (non-hydrogen) atoms. The van der Waals surface area contributed by atoms with E-state index < -0.39 is 5.97 Å². The minimum absolute atomic E-state index is 0.148. The summed E-state index contributed by atoms with van der Waals surface area (Å²) in [5.41, 5.74) is 3.60. The second-order valence-corrected chi connectivity index (χ2v) is 4.37. The van der Waals surface area contributed by atoms with Gasteiger partial charge in [0.15, 0.2) is 6.61 Å². The highest BCUT2D eigenvalue weighted by atomic mass is 16.6.